The molecule has 2 N–H and O–H groups in total. The molecule has 7 heteroatoms. The fraction of sp³-hybridized carbons (Fsp3) is 0.333. The molecule has 5 rings (SSSR count). The quantitative estimate of drug-likeness (QED) is 0.358. The van der Waals surface area contributed by atoms with Gasteiger partial charge in [0.15, 0.2) is 0 Å². The number of aliphatic hydroxyl groups excluding tert-OH is 1. The maximum Gasteiger partial charge on any atom is 0.209 e. The molecule has 37 heavy (non-hydrogen) atoms. The van der Waals surface area contributed by atoms with Gasteiger partial charge in [0.1, 0.15) is 5.82 Å². The number of aromatic nitrogens is 2. The van der Waals surface area contributed by atoms with Gasteiger partial charge in [-0.05, 0) is 67.8 Å². The largest absolute Gasteiger partial charge is 0.389 e. The number of pyridine rings is 1. The molecule has 2 aromatic heterocycles. The molecule has 0 radical (unpaired) electrons. The highest BCUT2D eigenvalue weighted by molar-refractivity contribution is 5.78. The second-order valence-corrected chi connectivity index (χ2v) is 9.71. The lowest BCUT2D eigenvalue weighted by Gasteiger charge is -2.29. The van der Waals surface area contributed by atoms with E-state index in [2.05, 4.69) is 44.9 Å². The van der Waals surface area contributed by atoms with E-state index >= 15 is 0 Å². The summed E-state index contributed by atoms with van der Waals surface area (Å²) in [7, 11) is 5.99. The summed E-state index contributed by atoms with van der Waals surface area (Å²) in [5.41, 5.74) is 6.23. The zero-order valence-corrected chi connectivity index (χ0v) is 22.1. The van der Waals surface area contributed by atoms with Gasteiger partial charge >= 0.3 is 0 Å². The van der Waals surface area contributed by atoms with E-state index in [0.29, 0.717) is 6.54 Å². The topological polar surface area (TPSA) is 73.1 Å². The lowest BCUT2D eigenvalue weighted by molar-refractivity contribution is -0.119. The van der Waals surface area contributed by atoms with Crippen LogP contribution in [-0.2, 0) is 4.79 Å². The normalized spacial score (nSPS) is 16.0. The average molecular weight is 500 g/mol. The third kappa shape index (κ3) is 6.12. The Bertz CT molecular complexity index is 1310. The highest BCUT2D eigenvalue weighted by atomic mass is 16.3. The third-order valence-corrected chi connectivity index (χ3v) is 6.86. The van der Waals surface area contributed by atoms with Crippen molar-refractivity contribution in [1.82, 2.24) is 14.3 Å². The third-order valence-electron chi connectivity index (χ3n) is 6.86. The molecule has 1 aliphatic heterocycles. The summed E-state index contributed by atoms with van der Waals surface area (Å²) in [6, 6.07) is 22.3. The number of benzene rings is 2. The van der Waals surface area contributed by atoms with Crippen molar-refractivity contribution in [2.24, 2.45) is 0 Å². The highest BCUT2D eigenvalue weighted by Gasteiger charge is 2.25. The van der Waals surface area contributed by atoms with Gasteiger partial charge in [-0.3, -0.25) is 4.79 Å². The number of carbonyl (C=O) groups is 1. The molecular weight excluding hydrogens is 462 g/mol. The van der Waals surface area contributed by atoms with Crippen molar-refractivity contribution in [3.63, 3.8) is 0 Å². The summed E-state index contributed by atoms with van der Waals surface area (Å²) in [4.78, 5) is 20.1. The first-order valence-corrected chi connectivity index (χ1v) is 12.8. The Morgan fingerprint density at radius 1 is 1.11 bits per heavy atom. The maximum atomic E-state index is 11.2. The minimum Gasteiger partial charge on any atom is -0.389 e. The van der Waals surface area contributed by atoms with Crippen LogP contribution >= 0.6 is 0 Å². The second-order valence-electron chi connectivity index (χ2n) is 9.71. The van der Waals surface area contributed by atoms with Crippen LogP contribution in [0.5, 0.6) is 0 Å². The van der Waals surface area contributed by atoms with Crippen molar-refractivity contribution in [3.8, 4) is 11.3 Å². The molecule has 1 saturated heterocycles. The van der Waals surface area contributed by atoms with Gasteiger partial charge < -0.3 is 24.6 Å². The van der Waals surface area contributed by atoms with Crippen molar-refractivity contribution in [1.29, 1.82) is 0 Å². The number of anilines is 2. The molecule has 7 nitrogen and oxygen atoms in total. The van der Waals surface area contributed by atoms with Crippen LogP contribution in [0.3, 0.4) is 0 Å². The maximum absolute atomic E-state index is 11.2. The van der Waals surface area contributed by atoms with E-state index in [4.69, 9.17) is 4.98 Å². The van der Waals surface area contributed by atoms with Crippen LogP contribution in [0.1, 0.15) is 43.2 Å². The van der Waals surface area contributed by atoms with Crippen LogP contribution < -0.4 is 10.2 Å². The monoisotopic (exact) mass is 499 g/mol. The number of piperidine rings is 1. The molecule has 2 aromatic carbocycles. The van der Waals surface area contributed by atoms with Crippen molar-refractivity contribution in [3.05, 3.63) is 84.3 Å². The highest BCUT2D eigenvalue weighted by Crippen LogP contribution is 2.32. The fourth-order valence-corrected chi connectivity index (χ4v) is 4.75. The van der Waals surface area contributed by atoms with Crippen LogP contribution in [0.2, 0.25) is 0 Å². The zero-order valence-electron chi connectivity index (χ0n) is 22.1. The molecule has 3 heterocycles. The standard InChI is InChI=1S/C21H23N3O2.C9H14N2/c1-15(26)16-6-4-7-17(12-16)20-19-9-2-3-11-24(19)21(22-20)18-8-5-10-23(13-18)14-25;1-10-8-4-6-9(7-5-8)11(2)3/h2-4,6-7,9,11-12,14-15,18,26H,5,8,10,13H2,1H3;4-7,10H,1-3H3. The predicted octanol–water partition coefficient (Wildman–Crippen LogP) is 5.18. The Morgan fingerprint density at radius 2 is 1.89 bits per heavy atom. The SMILES string of the molecule is CC(O)c1cccc(-c2nc(C3CCCN(C=O)C3)n3ccccc23)c1.CNc1ccc(N(C)C)cc1. The van der Waals surface area contributed by atoms with E-state index in [-0.39, 0.29) is 5.92 Å². The molecule has 1 fully saturated rings. The van der Waals surface area contributed by atoms with E-state index in [1.807, 2.05) is 68.6 Å². The number of nitrogens with one attached hydrogen (secondary N) is 1. The van der Waals surface area contributed by atoms with E-state index in [0.717, 1.165) is 59.6 Å². The first-order chi connectivity index (χ1) is 17.9. The number of aliphatic hydroxyl groups is 1. The Balaban J connectivity index is 0.000000245. The van der Waals surface area contributed by atoms with E-state index in [1.165, 1.54) is 5.69 Å². The summed E-state index contributed by atoms with van der Waals surface area (Å²) < 4.78 is 2.14. The summed E-state index contributed by atoms with van der Waals surface area (Å²) in [6.07, 6.45) is 4.50. The Morgan fingerprint density at radius 3 is 2.57 bits per heavy atom. The van der Waals surface area contributed by atoms with Gasteiger partial charge in [0.2, 0.25) is 6.41 Å². The molecule has 0 saturated carbocycles. The van der Waals surface area contributed by atoms with Crippen molar-refractivity contribution in [2.45, 2.75) is 31.8 Å². The molecular formula is C30H37N5O2. The summed E-state index contributed by atoms with van der Waals surface area (Å²) in [5.74, 6) is 1.24. The number of likely N-dealkylation sites (tertiary alicyclic amines) is 1. The molecule has 0 bridgehead atoms. The van der Waals surface area contributed by atoms with Gasteiger partial charge in [0.05, 0.1) is 17.3 Å². The van der Waals surface area contributed by atoms with Crippen LogP contribution in [0.25, 0.3) is 16.8 Å². The Kier molecular flexibility index (Phi) is 8.46. The smallest absolute Gasteiger partial charge is 0.209 e. The number of hydrogen-bond donors (Lipinski definition) is 2. The van der Waals surface area contributed by atoms with Crippen LogP contribution in [0.4, 0.5) is 11.4 Å². The van der Waals surface area contributed by atoms with Crippen LogP contribution in [-0.4, -0.2) is 60.0 Å². The fourth-order valence-electron chi connectivity index (χ4n) is 4.75. The second kappa shape index (κ2) is 11.9. The summed E-state index contributed by atoms with van der Waals surface area (Å²) in [5, 5.41) is 13.0. The number of imidazole rings is 1. The predicted molar refractivity (Wildman–Crippen MR) is 151 cm³/mol. The van der Waals surface area contributed by atoms with Gasteiger partial charge in [-0.2, -0.15) is 0 Å². The molecule has 0 spiro atoms. The molecule has 4 aromatic rings. The zero-order chi connectivity index (χ0) is 26.4. The molecule has 1 amide bonds. The van der Waals surface area contributed by atoms with Gasteiger partial charge in [-0.15, -0.1) is 0 Å². The summed E-state index contributed by atoms with van der Waals surface area (Å²) in [6.45, 7) is 3.31. The van der Waals surface area contributed by atoms with E-state index in [9.17, 15) is 9.90 Å². The number of rotatable bonds is 6. The van der Waals surface area contributed by atoms with E-state index in [1.54, 1.807) is 6.92 Å². The lowest BCUT2D eigenvalue weighted by atomic mass is 9.97. The number of hydrogen-bond acceptors (Lipinski definition) is 5. The number of amides is 1. The van der Waals surface area contributed by atoms with Crippen LogP contribution in [0.15, 0.2) is 72.9 Å². The van der Waals surface area contributed by atoms with Gasteiger partial charge in [-0.25, -0.2) is 4.98 Å². The van der Waals surface area contributed by atoms with E-state index < -0.39 is 6.10 Å². The van der Waals surface area contributed by atoms with Crippen molar-refractivity contribution in [2.75, 3.05) is 44.4 Å². The molecule has 194 valence electrons. The molecule has 0 aliphatic carbocycles. The first-order valence-electron chi connectivity index (χ1n) is 12.8. The van der Waals surface area contributed by atoms with Gasteiger partial charge in [0.25, 0.3) is 0 Å². The average Bonchev–Trinajstić information content (AvgIpc) is 3.33. The Hall–Kier alpha value is -3.84. The summed E-state index contributed by atoms with van der Waals surface area (Å²) >= 11 is 0. The Labute approximate surface area is 219 Å². The first kappa shape index (κ1) is 26.2. The molecule has 1 aliphatic rings. The van der Waals surface area contributed by atoms with Crippen LogP contribution in [0, 0.1) is 0 Å². The number of fused-ring (bicyclic) bond motifs is 1. The molecule has 2 atom stereocenters. The van der Waals surface area contributed by atoms with Gasteiger partial charge in [0, 0.05) is 63.3 Å². The lowest BCUT2D eigenvalue weighted by Crippen LogP contribution is -2.33. The minimum absolute atomic E-state index is 0.234. The number of nitrogens with zero attached hydrogens (tertiary/aromatic N) is 4. The minimum atomic E-state index is -0.511. The molecule has 2 unspecified atom stereocenters. The van der Waals surface area contributed by atoms with Crippen molar-refractivity contribution < 1.29 is 9.90 Å². The van der Waals surface area contributed by atoms with Gasteiger partial charge in [-0.1, -0.05) is 24.3 Å². The van der Waals surface area contributed by atoms with Crippen molar-refractivity contribution >= 4 is 23.3 Å². The number of carbonyl (C=O) groups excluding carboxylic acids is 1.